The Bertz CT molecular complexity index is 1680. The Kier molecular flexibility index (Phi) is 6.95. The van der Waals surface area contributed by atoms with E-state index in [1.165, 1.54) is 33.2 Å². The molecule has 6 rings (SSSR count). The maximum atomic E-state index is 14.9. The molecule has 1 aromatic carbocycles. The number of benzene rings is 1. The molecule has 2 fully saturated rings. The number of alkyl halides is 3. The van der Waals surface area contributed by atoms with E-state index in [1.807, 2.05) is 13.8 Å². The van der Waals surface area contributed by atoms with Gasteiger partial charge in [0, 0.05) is 64.3 Å². The molecule has 1 spiro atoms. The zero-order valence-electron chi connectivity index (χ0n) is 23.2. The number of carbonyl (C=O) groups is 2. The van der Waals surface area contributed by atoms with Crippen LogP contribution in [0, 0.1) is 5.41 Å². The van der Waals surface area contributed by atoms with Crippen LogP contribution in [-0.2, 0) is 17.5 Å². The molecule has 4 heterocycles. The van der Waals surface area contributed by atoms with E-state index in [9.17, 15) is 27.6 Å². The van der Waals surface area contributed by atoms with Gasteiger partial charge in [0.05, 0.1) is 16.6 Å². The van der Waals surface area contributed by atoms with Gasteiger partial charge in [0.2, 0.25) is 11.8 Å². The van der Waals surface area contributed by atoms with Gasteiger partial charge in [-0.1, -0.05) is 13.0 Å². The van der Waals surface area contributed by atoms with Crippen LogP contribution in [0.3, 0.4) is 0 Å². The zero-order chi connectivity index (χ0) is 30.1. The van der Waals surface area contributed by atoms with Crippen LogP contribution in [0.15, 0.2) is 39.2 Å². The highest BCUT2D eigenvalue weighted by Crippen LogP contribution is 2.54. The van der Waals surface area contributed by atoms with Crippen LogP contribution < -0.4 is 16.3 Å². The van der Waals surface area contributed by atoms with Gasteiger partial charge in [-0.2, -0.15) is 29.5 Å². The summed E-state index contributed by atoms with van der Waals surface area (Å²) in [5.74, 6) is -0.342. The molecule has 3 aliphatic rings. The summed E-state index contributed by atoms with van der Waals surface area (Å²) in [6, 6.07) is 0.475. The first kappa shape index (κ1) is 28.8. The molecule has 8 nitrogen and oxygen atoms in total. The minimum Gasteiger partial charge on any atom is -0.366 e. The first-order valence-corrected chi connectivity index (χ1v) is 15.7. The van der Waals surface area contributed by atoms with Gasteiger partial charge in [0.1, 0.15) is 5.82 Å². The lowest BCUT2D eigenvalue weighted by Crippen LogP contribution is -2.58. The van der Waals surface area contributed by atoms with Gasteiger partial charge in [-0.3, -0.25) is 14.2 Å². The van der Waals surface area contributed by atoms with Crippen molar-refractivity contribution in [1.29, 1.82) is 0 Å². The van der Waals surface area contributed by atoms with Gasteiger partial charge in [0.25, 0.3) is 0 Å². The van der Waals surface area contributed by atoms with Crippen LogP contribution in [-0.4, -0.2) is 57.2 Å². The third kappa shape index (κ3) is 4.52. The second-order valence-corrected chi connectivity index (χ2v) is 13.3. The van der Waals surface area contributed by atoms with Crippen molar-refractivity contribution in [3.05, 3.63) is 51.1 Å². The number of thiophene rings is 1. The molecule has 1 saturated heterocycles. The number of hydrogen-bond donors (Lipinski definition) is 1. The van der Waals surface area contributed by atoms with E-state index < -0.39 is 23.3 Å². The molecule has 42 heavy (non-hydrogen) atoms. The number of halogens is 3. The zero-order valence-corrected chi connectivity index (χ0v) is 24.8. The normalized spacial score (nSPS) is 21.7. The molecule has 0 unspecified atom stereocenters. The van der Waals surface area contributed by atoms with Crippen molar-refractivity contribution in [2.75, 3.05) is 23.7 Å². The van der Waals surface area contributed by atoms with Crippen LogP contribution in [0.2, 0.25) is 0 Å². The van der Waals surface area contributed by atoms with E-state index in [2.05, 4.69) is 11.6 Å². The maximum absolute atomic E-state index is 14.9. The number of thioether (sulfide) groups is 1. The van der Waals surface area contributed by atoms with Crippen LogP contribution in [0.25, 0.3) is 22.0 Å². The Hall–Kier alpha value is -3.32. The number of nitrogens with zero attached hydrogens (tertiary/aromatic N) is 4. The molecule has 1 aliphatic carbocycles. The van der Waals surface area contributed by atoms with Crippen LogP contribution in [0.4, 0.5) is 19.0 Å². The molecule has 1 saturated carbocycles. The first-order valence-electron chi connectivity index (χ1n) is 13.7. The topological polar surface area (TPSA) is 102 Å². The van der Waals surface area contributed by atoms with Crippen molar-refractivity contribution in [1.82, 2.24) is 14.5 Å². The van der Waals surface area contributed by atoms with Crippen molar-refractivity contribution in [3.63, 3.8) is 0 Å². The first-order chi connectivity index (χ1) is 19.8. The number of nitrogens with two attached hydrogens (primary N) is 1. The molecular weight excluding hydrogens is 587 g/mol. The van der Waals surface area contributed by atoms with Gasteiger partial charge in [-0.25, -0.2) is 4.79 Å². The van der Waals surface area contributed by atoms with Crippen LogP contribution in [0.5, 0.6) is 0 Å². The second-order valence-electron chi connectivity index (χ2n) is 11.6. The van der Waals surface area contributed by atoms with E-state index in [1.54, 1.807) is 9.80 Å². The number of carbonyl (C=O) groups excluding carboxylic acids is 2. The average molecular weight is 618 g/mol. The summed E-state index contributed by atoms with van der Waals surface area (Å²) in [7, 11) is 0. The number of piperazine rings is 1. The lowest BCUT2D eigenvalue weighted by atomic mass is 9.70. The predicted octanol–water partition coefficient (Wildman–Crippen LogP) is 5.13. The number of hydrogen-bond acceptors (Lipinski definition) is 7. The van der Waals surface area contributed by atoms with E-state index in [0.29, 0.717) is 22.7 Å². The van der Waals surface area contributed by atoms with Crippen molar-refractivity contribution in [3.8, 4) is 11.1 Å². The molecule has 2 amide bonds. The molecule has 2 atom stereocenters. The number of primary amides is 1. The predicted molar refractivity (Wildman–Crippen MR) is 158 cm³/mol. The van der Waals surface area contributed by atoms with Crippen molar-refractivity contribution >= 4 is 51.6 Å². The monoisotopic (exact) mass is 617 g/mol. The molecule has 0 radical (unpaired) electrons. The second kappa shape index (κ2) is 10.1. The summed E-state index contributed by atoms with van der Waals surface area (Å²) >= 11 is 2.42. The fourth-order valence-electron chi connectivity index (χ4n) is 6.71. The molecule has 0 bridgehead atoms. The summed E-state index contributed by atoms with van der Waals surface area (Å²) in [4.78, 5) is 46.8. The average Bonchev–Trinajstić information content (AvgIpc) is 3.31. The molecule has 13 heteroatoms. The molecule has 2 N–H and O–H groups in total. The molecule has 222 valence electrons. The highest BCUT2D eigenvalue weighted by Gasteiger charge is 2.44. The van der Waals surface area contributed by atoms with Crippen molar-refractivity contribution in [2.45, 2.75) is 62.8 Å². The minimum absolute atomic E-state index is 0.0122. The van der Waals surface area contributed by atoms with Gasteiger partial charge in [-0.05, 0) is 49.6 Å². The Labute approximate surface area is 248 Å². The number of anilines is 1. The lowest BCUT2D eigenvalue weighted by molar-refractivity contribution is -0.137. The van der Waals surface area contributed by atoms with Crippen molar-refractivity contribution in [2.24, 2.45) is 11.1 Å². The molecule has 2 aromatic heterocycles. The van der Waals surface area contributed by atoms with Gasteiger partial charge < -0.3 is 15.5 Å². The quantitative estimate of drug-likeness (QED) is 0.408. The van der Waals surface area contributed by atoms with Crippen LogP contribution in [0.1, 0.15) is 49.0 Å². The largest absolute Gasteiger partial charge is 0.417 e. The fourth-order valence-corrected chi connectivity index (χ4v) is 9.09. The molecule has 3 aromatic rings. The van der Waals surface area contributed by atoms with Gasteiger partial charge in [0.15, 0.2) is 0 Å². The molecule has 2 aliphatic heterocycles. The van der Waals surface area contributed by atoms with E-state index >= 15 is 0 Å². The lowest BCUT2D eigenvalue weighted by Gasteiger charge is -2.45. The smallest absolute Gasteiger partial charge is 0.366 e. The minimum atomic E-state index is -4.77. The van der Waals surface area contributed by atoms with Crippen LogP contribution >= 0.6 is 23.1 Å². The summed E-state index contributed by atoms with van der Waals surface area (Å²) in [5, 5.41) is 3.20. The Morgan fingerprint density at radius 2 is 1.88 bits per heavy atom. The third-order valence-corrected chi connectivity index (χ3v) is 11.0. The van der Waals surface area contributed by atoms with E-state index in [0.717, 1.165) is 36.7 Å². The van der Waals surface area contributed by atoms with Gasteiger partial charge >= 0.3 is 11.9 Å². The Morgan fingerprint density at radius 1 is 1.19 bits per heavy atom. The summed E-state index contributed by atoms with van der Waals surface area (Å²) in [6.07, 6.45) is -0.809. The SMILES string of the molecule is C=CC(=O)N1[C@H](C)CN(c2nc(=O)n3c4c(c(-c5cscc5C(N)=O)c(C(F)(F)F)cc24)SCC2(CCC2)C3)C[C@@H]1C. The maximum Gasteiger partial charge on any atom is 0.417 e. The molecular formula is C29H30F3N5O3S2. The highest BCUT2D eigenvalue weighted by molar-refractivity contribution is 7.99. The summed E-state index contributed by atoms with van der Waals surface area (Å²) in [5.41, 5.74) is 4.34. The number of rotatable bonds is 4. The van der Waals surface area contributed by atoms with E-state index in [-0.39, 0.29) is 64.4 Å². The fraction of sp³-hybridized carbons (Fsp3) is 0.448. The van der Waals surface area contributed by atoms with E-state index in [4.69, 9.17) is 5.73 Å². The highest BCUT2D eigenvalue weighted by atomic mass is 32.2. The van der Waals surface area contributed by atoms with Gasteiger partial charge in [-0.15, -0.1) is 11.8 Å². The summed E-state index contributed by atoms with van der Waals surface area (Å²) < 4.78 is 46.4. The summed E-state index contributed by atoms with van der Waals surface area (Å²) in [6.45, 7) is 8.21. The number of amides is 2. The third-order valence-electron chi connectivity index (χ3n) is 8.78. The standard InChI is InChI=1S/C29H30F3N5O3S2/c1-4-21(38)37-15(2)9-35(10-16(37)3)26-17-8-20(29(30,31)32)22(18-11-41-12-19(18)25(33)39)24-23(17)36(27(40)34-26)13-28(14-42-24)6-5-7-28/h4,8,11-12,15-16H,1,5-7,9-10,13-14H2,2-3H3,(H2,33,39)/t15-,16+. The van der Waals surface area contributed by atoms with Crippen molar-refractivity contribution < 1.29 is 22.8 Å². The Morgan fingerprint density at radius 3 is 2.45 bits per heavy atom. The Balaban J connectivity index is 1.65. The number of aromatic nitrogens is 2.